The van der Waals surface area contributed by atoms with E-state index < -0.39 is 0 Å². The minimum Gasteiger partial charge on any atom is -0.350 e. The summed E-state index contributed by atoms with van der Waals surface area (Å²) in [7, 11) is 0. The Morgan fingerprint density at radius 2 is 1.67 bits per heavy atom. The number of amides is 1. The van der Waals surface area contributed by atoms with Crippen LogP contribution in [0.1, 0.15) is 21.6 Å². The molecule has 0 saturated heterocycles. The van der Waals surface area contributed by atoms with Crippen molar-refractivity contribution in [1.82, 2.24) is 9.88 Å². The molecule has 3 aromatic rings. The van der Waals surface area contributed by atoms with Crippen molar-refractivity contribution in [2.24, 2.45) is 0 Å². The topological polar surface area (TPSA) is 34.0 Å². The number of aromatic nitrogens is 1. The number of hydrogen-bond donors (Lipinski definition) is 1. The summed E-state index contributed by atoms with van der Waals surface area (Å²) in [6.45, 7) is 1.26. The van der Waals surface area contributed by atoms with Gasteiger partial charge in [-0.15, -0.1) is 0 Å². The lowest BCUT2D eigenvalue weighted by Gasteiger charge is -2.10. The molecule has 1 aromatic heterocycles. The standard InChI is InChI=1S/C20H19ClN2O/c21-18-10-8-17(9-11-18)15-23-14-4-7-19(23)20(24)22-13-12-16-5-2-1-3-6-16/h1-11,14H,12-13,15H2,(H,22,24). The second-order valence-electron chi connectivity index (χ2n) is 5.64. The number of nitrogens with one attached hydrogen (secondary N) is 1. The van der Waals surface area contributed by atoms with Crippen LogP contribution in [0.25, 0.3) is 0 Å². The molecule has 0 atom stereocenters. The number of hydrogen-bond acceptors (Lipinski definition) is 1. The lowest BCUT2D eigenvalue weighted by atomic mass is 10.1. The molecule has 3 nitrogen and oxygen atoms in total. The first-order chi connectivity index (χ1) is 11.7. The van der Waals surface area contributed by atoms with Crippen LogP contribution in [0.15, 0.2) is 72.9 Å². The van der Waals surface area contributed by atoms with Crippen molar-refractivity contribution in [3.63, 3.8) is 0 Å². The van der Waals surface area contributed by atoms with Gasteiger partial charge in [-0.05, 0) is 41.8 Å². The van der Waals surface area contributed by atoms with Gasteiger partial charge >= 0.3 is 0 Å². The van der Waals surface area contributed by atoms with Crippen LogP contribution in [-0.2, 0) is 13.0 Å². The molecule has 1 amide bonds. The number of carbonyl (C=O) groups is 1. The van der Waals surface area contributed by atoms with E-state index in [4.69, 9.17) is 11.6 Å². The lowest BCUT2D eigenvalue weighted by molar-refractivity contribution is 0.0945. The molecule has 0 saturated carbocycles. The summed E-state index contributed by atoms with van der Waals surface area (Å²) in [4.78, 5) is 12.4. The van der Waals surface area contributed by atoms with Crippen LogP contribution in [-0.4, -0.2) is 17.0 Å². The maximum absolute atomic E-state index is 12.4. The fourth-order valence-corrected chi connectivity index (χ4v) is 2.73. The molecule has 24 heavy (non-hydrogen) atoms. The van der Waals surface area contributed by atoms with E-state index in [1.807, 2.05) is 65.4 Å². The van der Waals surface area contributed by atoms with Gasteiger partial charge in [0, 0.05) is 24.3 Å². The zero-order valence-electron chi connectivity index (χ0n) is 13.3. The van der Waals surface area contributed by atoms with Gasteiger partial charge in [0.2, 0.25) is 0 Å². The summed E-state index contributed by atoms with van der Waals surface area (Å²) >= 11 is 5.91. The van der Waals surface area contributed by atoms with Gasteiger partial charge in [-0.2, -0.15) is 0 Å². The summed E-state index contributed by atoms with van der Waals surface area (Å²) in [5.41, 5.74) is 2.99. The van der Waals surface area contributed by atoms with Crippen molar-refractivity contribution in [3.8, 4) is 0 Å². The molecule has 0 unspecified atom stereocenters. The Hall–Kier alpha value is -2.52. The highest BCUT2D eigenvalue weighted by Crippen LogP contribution is 2.12. The highest BCUT2D eigenvalue weighted by atomic mass is 35.5. The summed E-state index contributed by atoms with van der Waals surface area (Å²) < 4.78 is 1.95. The monoisotopic (exact) mass is 338 g/mol. The Bertz CT molecular complexity index is 794. The maximum atomic E-state index is 12.4. The third kappa shape index (κ3) is 4.27. The zero-order valence-corrected chi connectivity index (χ0v) is 14.0. The minimum atomic E-state index is -0.0510. The molecular weight excluding hydrogens is 320 g/mol. The summed E-state index contributed by atoms with van der Waals surface area (Å²) in [5.74, 6) is -0.0510. The van der Waals surface area contributed by atoms with Crippen molar-refractivity contribution < 1.29 is 4.79 Å². The predicted molar refractivity (Wildman–Crippen MR) is 97.5 cm³/mol. The van der Waals surface area contributed by atoms with E-state index in [-0.39, 0.29) is 5.91 Å². The Morgan fingerprint density at radius 3 is 2.42 bits per heavy atom. The van der Waals surface area contributed by atoms with Crippen LogP contribution in [0.5, 0.6) is 0 Å². The molecule has 0 fully saturated rings. The van der Waals surface area contributed by atoms with Crippen molar-refractivity contribution in [2.45, 2.75) is 13.0 Å². The molecule has 0 aliphatic rings. The van der Waals surface area contributed by atoms with Gasteiger partial charge in [0.25, 0.3) is 5.91 Å². The van der Waals surface area contributed by atoms with Crippen LogP contribution in [0.4, 0.5) is 0 Å². The first-order valence-electron chi connectivity index (χ1n) is 7.94. The van der Waals surface area contributed by atoms with Gasteiger partial charge in [-0.1, -0.05) is 54.1 Å². The Balaban J connectivity index is 1.59. The summed E-state index contributed by atoms with van der Waals surface area (Å²) in [6.07, 6.45) is 2.74. The molecule has 4 heteroatoms. The van der Waals surface area contributed by atoms with Crippen LogP contribution < -0.4 is 5.32 Å². The van der Waals surface area contributed by atoms with Crippen LogP contribution in [0, 0.1) is 0 Å². The fraction of sp³-hybridized carbons (Fsp3) is 0.150. The highest BCUT2D eigenvalue weighted by Gasteiger charge is 2.10. The normalized spacial score (nSPS) is 10.5. The maximum Gasteiger partial charge on any atom is 0.267 e. The van der Waals surface area contributed by atoms with E-state index in [9.17, 15) is 4.79 Å². The Morgan fingerprint density at radius 1 is 0.917 bits per heavy atom. The van der Waals surface area contributed by atoms with E-state index in [2.05, 4.69) is 17.4 Å². The molecule has 122 valence electrons. The first-order valence-corrected chi connectivity index (χ1v) is 8.32. The van der Waals surface area contributed by atoms with Gasteiger partial charge in [-0.25, -0.2) is 0 Å². The van der Waals surface area contributed by atoms with Gasteiger partial charge in [0.05, 0.1) is 0 Å². The van der Waals surface area contributed by atoms with Gasteiger partial charge in [0.1, 0.15) is 5.69 Å². The molecule has 0 aliphatic carbocycles. The van der Waals surface area contributed by atoms with Gasteiger partial charge in [0.15, 0.2) is 0 Å². The molecular formula is C20H19ClN2O. The average Bonchev–Trinajstić information content (AvgIpc) is 3.06. The number of benzene rings is 2. The second-order valence-corrected chi connectivity index (χ2v) is 6.08. The van der Waals surface area contributed by atoms with E-state index in [1.54, 1.807) is 0 Å². The molecule has 1 heterocycles. The predicted octanol–water partition coefficient (Wildman–Crippen LogP) is 4.16. The van der Waals surface area contributed by atoms with Crippen molar-refractivity contribution in [2.75, 3.05) is 6.54 Å². The SMILES string of the molecule is O=C(NCCc1ccccc1)c1cccn1Cc1ccc(Cl)cc1. The molecule has 0 bridgehead atoms. The van der Waals surface area contributed by atoms with E-state index in [0.717, 1.165) is 12.0 Å². The number of carbonyl (C=O) groups excluding carboxylic acids is 1. The summed E-state index contributed by atoms with van der Waals surface area (Å²) in [6, 6.07) is 21.5. The molecule has 2 aromatic carbocycles. The quantitative estimate of drug-likeness (QED) is 0.719. The van der Waals surface area contributed by atoms with E-state index >= 15 is 0 Å². The average molecular weight is 339 g/mol. The molecule has 0 spiro atoms. The van der Waals surface area contributed by atoms with Crippen LogP contribution in [0.3, 0.4) is 0 Å². The van der Waals surface area contributed by atoms with E-state index in [1.165, 1.54) is 5.56 Å². The second kappa shape index (κ2) is 7.84. The van der Waals surface area contributed by atoms with Crippen LogP contribution >= 0.6 is 11.6 Å². The van der Waals surface area contributed by atoms with Crippen molar-refractivity contribution >= 4 is 17.5 Å². The first kappa shape index (κ1) is 16.3. The van der Waals surface area contributed by atoms with Gasteiger partial charge < -0.3 is 9.88 Å². The number of nitrogens with zero attached hydrogens (tertiary/aromatic N) is 1. The molecule has 1 N–H and O–H groups in total. The van der Waals surface area contributed by atoms with Crippen molar-refractivity contribution in [1.29, 1.82) is 0 Å². The highest BCUT2D eigenvalue weighted by molar-refractivity contribution is 6.30. The van der Waals surface area contributed by atoms with Crippen LogP contribution in [0.2, 0.25) is 5.02 Å². The lowest BCUT2D eigenvalue weighted by Crippen LogP contribution is -2.27. The zero-order chi connectivity index (χ0) is 16.8. The number of halogens is 1. The van der Waals surface area contributed by atoms with E-state index in [0.29, 0.717) is 23.8 Å². The Kier molecular flexibility index (Phi) is 5.34. The van der Waals surface area contributed by atoms with Crippen molar-refractivity contribution in [3.05, 3.63) is 94.8 Å². The smallest absolute Gasteiger partial charge is 0.267 e. The summed E-state index contributed by atoms with van der Waals surface area (Å²) in [5, 5.41) is 3.70. The molecule has 0 radical (unpaired) electrons. The molecule has 3 rings (SSSR count). The third-order valence-electron chi connectivity index (χ3n) is 3.87. The minimum absolute atomic E-state index is 0.0510. The molecule has 0 aliphatic heterocycles. The fourth-order valence-electron chi connectivity index (χ4n) is 2.60. The number of rotatable bonds is 6. The largest absolute Gasteiger partial charge is 0.350 e. The Labute approximate surface area is 146 Å². The third-order valence-corrected chi connectivity index (χ3v) is 4.12. The van der Waals surface area contributed by atoms with Gasteiger partial charge in [-0.3, -0.25) is 4.79 Å².